The molecule has 0 rings (SSSR count). The van der Waals surface area contributed by atoms with Crippen molar-refractivity contribution < 1.29 is 9.28 Å². The van der Waals surface area contributed by atoms with Crippen LogP contribution < -0.4 is 5.73 Å². The van der Waals surface area contributed by atoms with E-state index in [0.29, 0.717) is 0 Å². The minimum Gasteiger partial charge on any atom is -0.366 e. The Hall–Kier alpha value is -0.540. The van der Waals surface area contributed by atoms with Crippen LogP contribution in [-0.2, 0) is 4.79 Å². The summed E-state index contributed by atoms with van der Waals surface area (Å²) in [5.41, 5.74) is 4.53. The standard InChI is InChI=1S/C9H22N.C3H5NO.CH3Cl/c1-5-9-10(6-2,7-3)8-4;1-2-3(4)5;1-2/h5-9H2,1-4H3;2H,1H2,(H2,4,5);1H3/q+1;;. The lowest BCUT2D eigenvalue weighted by molar-refractivity contribution is -0.923. The second kappa shape index (κ2) is 15.5. The Balaban J connectivity index is -0.000000236. The third kappa shape index (κ3) is 13.4. The Morgan fingerprint density at radius 2 is 1.47 bits per heavy atom. The summed E-state index contributed by atoms with van der Waals surface area (Å²) in [6.45, 7) is 17.5. The molecule has 0 atom stereocenters. The number of quaternary nitrogens is 1. The highest BCUT2D eigenvalue weighted by Crippen LogP contribution is 2.06. The van der Waals surface area contributed by atoms with Crippen LogP contribution in [0.1, 0.15) is 34.1 Å². The Labute approximate surface area is 112 Å². The van der Waals surface area contributed by atoms with Crippen LogP contribution in [0.25, 0.3) is 0 Å². The van der Waals surface area contributed by atoms with Gasteiger partial charge in [0.05, 0.1) is 26.2 Å². The van der Waals surface area contributed by atoms with Crippen molar-refractivity contribution >= 4 is 17.5 Å². The maximum atomic E-state index is 9.47. The van der Waals surface area contributed by atoms with E-state index in [2.05, 4.69) is 51.6 Å². The summed E-state index contributed by atoms with van der Waals surface area (Å²) in [6, 6.07) is 0. The van der Waals surface area contributed by atoms with Crippen LogP contribution in [0.3, 0.4) is 0 Å². The molecule has 0 aromatic rings. The molecule has 0 aromatic heterocycles. The summed E-state index contributed by atoms with van der Waals surface area (Å²) in [5.74, 6) is -0.481. The van der Waals surface area contributed by atoms with Crippen molar-refractivity contribution in [2.45, 2.75) is 34.1 Å². The Morgan fingerprint density at radius 3 is 1.53 bits per heavy atom. The van der Waals surface area contributed by atoms with Crippen LogP contribution >= 0.6 is 11.6 Å². The molecule has 0 saturated carbocycles. The highest BCUT2D eigenvalue weighted by molar-refractivity contribution is 6.15. The molecule has 0 saturated heterocycles. The summed E-state index contributed by atoms with van der Waals surface area (Å²) in [6.07, 6.45) is 3.84. The van der Waals surface area contributed by atoms with E-state index in [1.807, 2.05) is 0 Å². The van der Waals surface area contributed by atoms with Crippen molar-refractivity contribution in [3.63, 3.8) is 0 Å². The monoisotopic (exact) mass is 265 g/mol. The van der Waals surface area contributed by atoms with Gasteiger partial charge in [0.1, 0.15) is 0 Å². The summed E-state index contributed by atoms with van der Waals surface area (Å²) in [7, 11) is 0. The number of alkyl halides is 1. The number of hydrogen-bond donors (Lipinski definition) is 1. The van der Waals surface area contributed by atoms with Crippen LogP contribution in [0.5, 0.6) is 0 Å². The predicted molar refractivity (Wildman–Crippen MR) is 78.2 cm³/mol. The minimum atomic E-state index is -0.481. The van der Waals surface area contributed by atoms with E-state index >= 15 is 0 Å². The molecular formula is C13H30ClN2O+. The molecule has 1 amide bonds. The molecule has 0 fully saturated rings. The van der Waals surface area contributed by atoms with Gasteiger partial charge in [0, 0.05) is 6.38 Å². The first kappa shape index (κ1) is 21.7. The second-order valence-electron chi connectivity index (χ2n) is 3.62. The normalized spacial score (nSPS) is 9.29. The minimum absolute atomic E-state index is 0.481. The van der Waals surface area contributed by atoms with E-state index in [-0.39, 0.29) is 0 Å². The zero-order chi connectivity index (χ0) is 14.3. The van der Waals surface area contributed by atoms with Gasteiger partial charge >= 0.3 is 0 Å². The zero-order valence-electron chi connectivity index (χ0n) is 12.1. The van der Waals surface area contributed by atoms with Crippen molar-refractivity contribution in [2.24, 2.45) is 5.73 Å². The molecule has 0 heterocycles. The van der Waals surface area contributed by atoms with Crippen molar-refractivity contribution in [1.29, 1.82) is 0 Å². The lowest BCUT2D eigenvalue weighted by Gasteiger charge is -2.35. The number of primary amides is 1. The Bertz CT molecular complexity index is 172. The number of rotatable bonds is 6. The highest BCUT2D eigenvalue weighted by atomic mass is 35.5. The quantitative estimate of drug-likeness (QED) is 0.448. The molecule has 0 bridgehead atoms. The molecule has 4 heteroatoms. The van der Waals surface area contributed by atoms with Crippen LogP contribution in [0.4, 0.5) is 0 Å². The van der Waals surface area contributed by atoms with E-state index in [1.165, 1.54) is 43.5 Å². The average molecular weight is 266 g/mol. The molecule has 0 aliphatic heterocycles. The van der Waals surface area contributed by atoms with Crippen molar-refractivity contribution in [1.82, 2.24) is 0 Å². The van der Waals surface area contributed by atoms with E-state index < -0.39 is 5.91 Å². The lowest BCUT2D eigenvalue weighted by atomic mass is 10.3. The zero-order valence-corrected chi connectivity index (χ0v) is 12.9. The lowest BCUT2D eigenvalue weighted by Crippen LogP contribution is -2.47. The molecule has 2 N–H and O–H groups in total. The van der Waals surface area contributed by atoms with Gasteiger partial charge in [-0.2, -0.15) is 0 Å². The molecule has 0 unspecified atom stereocenters. The van der Waals surface area contributed by atoms with E-state index in [0.717, 1.165) is 6.08 Å². The predicted octanol–water partition coefficient (Wildman–Crippen LogP) is 2.79. The van der Waals surface area contributed by atoms with Gasteiger partial charge in [-0.15, -0.1) is 11.6 Å². The summed E-state index contributed by atoms with van der Waals surface area (Å²) in [5, 5.41) is 0. The maximum Gasteiger partial charge on any atom is 0.240 e. The van der Waals surface area contributed by atoms with Gasteiger partial charge in [-0.25, -0.2) is 0 Å². The molecule has 0 radical (unpaired) electrons. The molecule has 104 valence electrons. The third-order valence-electron chi connectivity index (χ3n) is 2.91. The highest BCUT2D eigenvalue weighted by Gasteiger charge is 2.17. The van der Waals surface area contributed by atoms with Crippen LogP contribution in [0.2, 0.25) is 0 Å². The number of carbonyl (C=O) groups is 1. The summed E-state index contributed by atoms with van der Waals surface area (Å²) in [4.78, 5) is 9.47. The smallest absolute Gasteiger partial charge is 0.240 e. The van der Waals surface area contributed by atoms with Crippen molar-refractivity contribution in [2.75, 3.05) is 32.6 Å². The maximum absolute atomic E-state index is 9.47. The second-order valence-corrected chi connectivity index (χ2v) is 3.62. The van der Waals surface area contributed by atoms with Crippen LogP contribution in [-0.4, -0.2) is 43.0 Å². The van der Waals surface area contributed by atoms with Gasteiger partial charge in [-0.1, -0.05) is 13.5 Å². The van der Waals surface area contributed by atoms with Gasteiger partial charge < -0.3 is 10.2 Å². The third-order valence-corrected chi connectivity index (χ3v) is 2.91. The first-order chi connectivity index (χ1) is 8.01. The largest absolute Gasteiger partial charge is 0.366 e. The number of nitrogens with zero attached hydrogens (tertiary/aromatic N) is 1. The fourth-order valence-corrected chi connectivity index (χ4v) is 1.62. The Kier molecular flexibility index (Phi) is 19.7. The van der Waals surface area contributed by atoms with Crippen LogP contribution in [0.15, 0.2) is 12.7 Å². The molecule has 0 aliphatic carbocycles. The Morgan fingerprint density at radius 1 is 1.18 bits per heavy atom. The topological polar surface area (TPSA) is 43.1 Å². The first-order valence-corrected chi connectivity index (χ1v) is 6.92. The van der Waals surface area contributed by atoms with Gasteiger partial charge in [0.25, 0.3) is 0 Å². The summed E-state index contributed by atoms with van der Waals surface area (Å²) >= 11 is 4.64. The number of amides is 1. The molecule has 17 heavy (non-hydrogen) atoms. The number of hydrogen-bond acceptors (Lipinski definition) is 1. The number of halogens is 1. The van der Waals surface area contributed by atoms with E-state index in [1.54, 1.807) is 0 Å². The van der Waals surface area contributed by atoms with Crippen LogP contribution in [0, 0.1) is 0 Å². The average Bonchev–Trinajstić information content (AvgIpc) is 2.39. The molecule has 0 spiro atoms. The van der Waals surface area contributed by atoms with Crippen molar-refractivity contribution in [3.8, 4) is 0 Å². The number of nitrogens with two attached hydrogens (primary N) is 1. The SMILES string of the molecule is C=CC(N)=O.CCC[N+](CC)(CC)CC.CCl. The summed E-state index contributed by atoms with van der Waals surface area (Å²) < 4.78 is 1.30. The molecular weight excluding hydrogens is 236 g/mol. The van der Waals surface area contributed by atoms with Crippen molar-refractivity contribution in [3.05, 3.63) is 12.7 Å². The van der Waals surface area contributed by atoms with E-state index in [9.17, 15) is 4.79 Å². The van der Waals surface area contributed by atoms with Gasteiger partial charge in [0.15, 0.2) is 0 Å². The van der Waals surface area contributed by atoms with Gasteiger partial charge in [0.2, 0.25) is 5.91 Å². The van der Waals surface area contributed by atoms with Gasteiger partial charge in [-0.3, -0.25) is 4.79 Å². The van der Waals surface area contributed by atoms with E-state index in [4.69, 9.17) is 0 Å². The fraction of sp³-hybridized carbons (Fsp3) is 0.769. The molecule has 0 aliphatic rings. The fourth-order valence-electron chi connectivity index (χ4n) is 1.62. The number of carbonyl (C=O) groups excluding carboxylic acids is 1. The molecule has 3 nitrogen and oxygen atoms in total. The van der Waals surface area contributed by atoms with Gasteiger partial charge in [-0.05, 0) is 33.3 Å². The first-order valence-electron chi connectivity index (χ1n) is 6.16. The molecule has 0 aromatic carbocycles.